The zero-order valence-corrected chi connectivity index (χ0v) is 12.3. The Labute approximate surface area is 114 Å². The maximum absolute atomic E-state index is 4.27. The van der Waals surface area contributed by atoms with E-state index in [4.69, 9.17) is 0 Å². The van der Waals surface area contributed by atoms with Crippen molar-refractivity contribution in [1.82, 2.24) is 10.2 Å². The van der Waals surface area contributed by atoms with E-state index in [1.807, 2.05) is 0 Å². The molecule has 3 rings (SSSR count). The van der Waals surface area contributed by atoms with Crippen molar-refractivity contribution in [2.75, 3.05) is 26.2 Å². The fourth-order valence-corrected chi connectivity index (χ4v) is 3.64. The Hall–Kier alpha value is -0.0800. The number of rotatable bonds is 3. The number of hydrogen-bond donors (Lipinski definition) is 0. The highest BCUT2D eigenvalue weighted by Gasteiger charge is 2.56. The molecule has 0 bridgehead atoms. The average Bonchev–Trinajstić information content (AvgIpc) is 2.63. The Bertz CT molecular complexity index is 209. The van der Waals surface area contributed by atoms with Crippen LogP contribution in [0.2, 0.25) is 0 Å². The van der Waals surface area contributed by atoms with Gasteiger partial charge in [-0.3, -0.25) is 0 Å². The van der Waals surface area contributed by atoms with Crippen molar-refractivity contribution in [3.05, 3.63) is 0 Å². The summed E-state index contributed by atoms with van der Waals surface area (Å²) in [7, 11) is 0. The van der Waals surface area contributed by atoms with Crippen molar-refractivity contribution in [2.24, 2.45) is 0 Å². The summed E-state index contributed by atoms with van der Waals surface area (Å²) >= 11 is 0. The summed E-state index contributed by atoms with van der Waals surface area (Å²) < 4.78 is 0. The maximum Gasteiger partial charge on any atom is 0.148 e. The molecule has 2 nitrogen and oxygen atoms in total. The molecule has 0 aromatic carbocycles. The van der Waals surface area contributed by atoms with Gasteiger partial charge < -0.3 is 0 Å². The fraction of sp³-hybridized carbons (Fsp3) is 1.00. The lowest BCUT2D eigenvalue weighted by atomic mass is 9.80. The minimum atomic E-state index is 0.718. The van der Waals surface area contributed by atoms with Crippen LogP contribution in [0, 0.1) is 0 Å². The third-order valence-electron chi connectivity index (χ3n) is 4.97. The topological polar surface area (TPSA) is 20.0 Å². The molecule has 0 amide bonds. The highest BCUT2D eigenvalue weighted by molar-refractivity contribution is 5.07. The molecule has 0 aromatic rings. The van der Waals surface area contributed by atoms with E-state index in [9.17, 15) is 0 Å². The SMILES string of the molecule is C1CCC[N]CC1.CCCCC12CCC[N+]1CC2. The Kier molecular flexibility index (Phi) is 5.97. The van der Waals surface area contributed by atoms with Gasteiger partial charge in [-0.2, -0.15) is 4.90 Å². The summed E-state index contributed by atoms with van der Waals surface area (Å²) in [4.78, 5) is 2.71. The number of unbranched alkanes of at least 4 members (excludes halogenated alkanes) is 1. The van der Waals surface area contributed by atoms with Gasteiger partial charge >= 0.3 is 0 Å². The van der Waals surface area contributed by atoms with Crippen LogP contribution < -0.4 is 10.2 Å². The van der Waals surface area contributed by atoms with Gasteiger partial charge in [0.1, 0.15) is 18.6 Å². The van der Waals surface area contributed by atoms with E-state index in [-0.39, 0.29) is 0 Å². The van der Waals surface area contributed by atoms with Crippen molar-refractivity contribution in [3.63, 3.8) is 0 Å². The third-order valence-corrected chi connectivity index (χ3v) is 4.97. The van der Waals surface area contributed by atoms with Gasteiger partial charge in [-0.05, 0) is 19.3 Å². The van der Waals surface area contributed by atoms with Crippen LogP contribution in [0.5, 0.6) is 0 Å². The number of hydrogen-bond acceptors (Lipinski definition) is 1. The molecule has 3 fully saturated rings. The number of nitrogens with zero attached hydrogens (tertiary/aromatic N) is 2. The van der Waals surface area contributed by atoms with Crippen LogP contribution >= 0.6 is 0 Å². The van der Waals surface area contributed by atoms with Gasteiger partial charge in [0.15, 0.2) is 0 Å². The van der Waals surface area contributed by atoms with E-state index < -0.39 is 0 Å². The summed E-state index contributed by atoms with van der Waals surface area (Å²) in [6.45, 7) is 7.34. The van der Waals surface area contributed by atoms with Gasteiger partial charge in [0, 0.05) is 32.4 Å². The summed E-state index contributed by atoms with van der Waals surface area (Å²) in [5, 5.41) is 4.27. The molecule has 104 valence electrons. The first kappa shape index (κ1) is 14.3. The molecule has 18 heavy (non-hydrogen) atoms. The first-order valence-corrected chi connectivity index (χ1v) is 8.26. The molecule has 3 heterocycles. The van der Waals surface area contributed by atoms with Crippen LogP contribution in [0.15, 0.2) is 0 Å². The third kappa shape index (κ3) is 3.71. The van der Waals surface area contributed by atoms with Crippen LogP contribution in [0.25, 0.3) is 0 Å². The van der Waals surface area contributed by atoms with E-state index in [0.29, 0.717) is 0 Å². The monoisotopic (exact) mass is 251 g/mol. The van der Waals surface area contributed by atoms with Crippen LogP contribution in [0.4, 0.5) is 0 Å². The predicted octanol–water partition coefficient (Wildman–Crippen LogP) is 3.42. The highest BCUT2D eigenvalue weighted by Crippen LogP contribution is 2.41. The number of fused-ring (bicyclic) bond motifs is 1. The summed E-state index contributed by atoms with van der Waals surface area (Å²) in [6, 6.07) is 0. The van der Waals surface area contributed by atoms with Crippen molar-refractivity contribution in [1.29, 1.82) is 0 Å². The van der Waals surface area contributed by atoms with Gasteiger partial charge in [-0.1, -0.05) is 26.2 Å². The molecule has 3 aliphatic heterocycles. The van der Waals surface area contributed by atoms with E-state index in [1.54, 1.807) is 0 Å². The van der Waals surface area contributed by atoms with Crippen LogP contribution in [0.3, 0.4) is 0 Å². The minimum Gasteiger partial charge on any atom is -0.242 e. The highest BCUT2D eigenvalue weighted by atomic mass is 15.3. The molecule has 2 radical (unpaired) electrons. The smallest absolute Gasteiger partial charge is 0.148 e. The lowest BCUT2D eigenvalue weighted by Crippen LogP contribution is -2.59. The summed E-state index contributed by atoms with van der Waals surface area (Å²) in [5.41, 5.74) is 0.718. The standard InChI is InChI=1S/C10H19N.C6H12N/c1-2-3-5-10-6-4-8-11(10)9-7-10;1-2-4-6-7-5-3-1/h2-9H2,1H3;1-6H2/q+1;. The normalized spacial score (nSPS) is 31.8. The molecule has 0 N–H and O–H groups in total. The van der Waals surface area contributed by atoms with Crippen LogP contribution in [0.1, 0.15) is 71.1 Å². The Morgan fingerprint density at radius 1 is 0.944 bits per heavy atom. The molecule has 1 atom stereocenters. The molecule has 1 unspecified atom stereocenters. The van der Waals surface area contributed by atoms with Gasteiger partial charge in [0.25, 0.3) is 0 Å². The van der Waals surface area contributed by atoms with Crippen molar-refractivity contribution >= 4 is 0 Å². The first-order valence-electron chi connectivity index (χ1n) is 8.26. The van der Waals surface area contributed by atoms with Crippen LogP contribution in [-0.2, 0) is 0 Å². The first-order chi connectivity index (χ1) is 8.87. The Morgan fingerprint density at radius 2 is 1.72 bits per heavy atom. The molecule has 0 aromatic heterocycles. The fourth-order valence-electron chi connectivity index (χ4n) is 3.64. The maximum atomic E-state index is 4.27. The quantitative estimate of drug-likeness (QED) is 0.685. The predicted molar refractivity (Wildman–Crippen MR) is 78.3 cm³/mol. The molecular formula is C16H31N2+. The van der Waals surface area contributed by atoms with E-state index in [0.717, 1.165) is 18.6 Å². The molecule has 0 saturated carbocycles. The van der Waals surface area contributed by atoms with Gasteiger partial charge in [0.2, 0.25) is 0 Å². The second-order valence-electron chi connectivity index (χ2n) is 6.25. The lowest BCUT2D eigenvalue weighted by Gasteiger charge is -2.38. The molecule has 0 aliphatic carbocycles. The average molecular weight is 251 g/mol. The molecule has 3 saturated heterocycles. The van der Waals surface area contributed by atoms with Crippen molar-refractivity contribution in [2.45, 2.75) is 76.7 Å². The Morgan fingerprint density at radius 3 is 2.28 bits per heavy atom. The summed E-state index contributed by atoms with van der Waals surface area (Å²) in [6.07, 6.45) is 14.2. The minimum absolute atomic E-state index is 0.718. The van der Waals surface area contributed by atoms with Gasteiger partial charge in [-0.25, -0.2) is 5.32 Å². The van der Waals surface area contributed by atoms with E-state index in [1.165, 1.54) is 77.3 Å². The second-order valence-corrected chi connectivity index (χ2v) is 6.25. The Balaban J connectivity index is 0.000000149. The zero-order chi connectivity index (χ0) is 12.7. The second kappa shape index (κ2) is 7.49. The van der Waals surface area contributed by atoms with Gasteiger partial charge in [0.05, 0.1) is 6.42 Å². The molecule has 3 aliphatic rings. The molecular weight excluding hydrogens is 220 g/mol. The van der Waals surface area contributed by atoms with Crippen molar-refractivity contribution < 1.29 is 0 Å². The largest absolute Gasteiger partial charge is 0.242 e. The van der Waals surface area contributed by atoms with Gasteiger partial charge in [-0.15, -0.1) is 0 Å². The zero-order valence-electron chi connectivity index (χ0n) is 12.3. The molecule has 0 spiro atoms. The van der Waals surface area contributed by atoms with E-state index in [2.05, 4.69) is 17.1 Å². The molecule has 2 heteroatoms. The van der Waals surface area contributed by atoms with E-state index >= 15 is 0 Å². The van der Waals surface area contributed by atoms with Crippen molar-refractivity contribution in [3.8, 4) is 0 Å². The van der Waals surface area contributed by atoms with Crippen LogP contribution in [-0.4, -0.2) is 31.7 Å². The summed E-state index contributed by atoms with van der Waals surface area (Å²) in [5.74, 6) is 0. The lowest BCUT2D eigenvalue weighted by molar-refractivity contribution is 0.108.